The summed E-state index contributed by atoms with van der Waals surface area (Å²) in [5.74, 6) is 0.968. The Morgan fingerprint density at radius 3 is 2.51 bits per heavy atom. The van der Waals surface area contributed by atoms with E-state index in [4.69, 9.17) is 0 Å². The molecule has 1 atom stereocenters. The second-order valence-corrected chi connectivity index (χ2v) is 12.7. The van der Waals surface area contributed by atoms with Crippen molar-refractivity contribution >= 4 is 39.1 Å². The van der Waals surface area contributed by atoms with Crippen molar-refractivity contribution in [1.82, 2.24) is 35.3 Å². The number of piperazine rings is 1. The highest BCUT2D eigenvalue weighted by Gasteiger charge is 2.29. The fourth-order valence-corrected chi connectivity index (χ4v) is 6.98. The molecule has 12 heteroatoms. The molecule has 0 aliphatic carbocycles. The molecule has 5 heterocycles. The van der Waals surface area contributed by atoms with Crippen LogP contribution < -0.4 is 10.2 Å². The van der Waals surface area contributed by atoms with E-state index in [0.29, 0.717) is 36.9 Å². The number of anilines is 1. The van der Waals surface area contributed by atoms with Crippen molar-refractivity contribution in [2.45, 2.75) is 19.4 Å². The summed E-state index contributed by atoms with van der Waals surface area (Å²) < 4.78 is 0. The molecule has 3 aromatic heterocycles. The van der Waals surface area contributed by atoms with E-state index in [-0.39, 0.29) is 23.6 Å². The maximum absolute atomic E-state index is 13.2. The average molecular weight is 623 g/mol. The number of nitrogens with one attached hydrogen (secondary N) is 2. The first kappa shape index (κ1) is 28.9. The van der Waals surface area contributed by atoms with E-state index >= 15 is 0 Å². The van der Waals surface area contributed by atoms with Gasteiger partial charge in [-0.05, 0) is 73.5 Å². The quantitative estimate of drug-likeness (QED) is 0.249. The first-order valence-electron chi connectivity index (χ1n) is 15.1. The van der Waals surface area contributed by atoms with Crippen molar-refractivity contribution in [2.75, 3.05) is 50.7 Å². The van der Waals surface area contributed by atoms with Gasteiger partial charge >= 0.3 is 0 Å². The third-order valence-corrected chi connectivity index (χ3v) is 9.64. The third-order valence-electron chi connectivity index (χ3n) is 8.61. The maximum Gasteiger partial charge on any atom is 0.261 e. The van der Waals surface area contributed by atoms with E-state index in [1.165, 1.54) is 11.3 Å². The van der Waals surface area contributed by atoms with Crippen LogP contribution in [-0.4, -0.2) is 98.7 Å². The third kappa shape index (κ3) is 6.11. The predicted octanol–water partition coefficient (Wildman–Crippen LogP) is 3.92. The number of nitrogens with zero attached hydrogens (tertiary/aromatic N) is 6. The molecule has 1 unspecified atom stereocenters. The van der Waals surface area contributed by atoms with Gasteiger partial charge < -0.3 is 20.2 Å². The van der Waals surface area contributed by atoms with Crippen molar-refractivity contribution in [3.63, 3.8) is 0 Å². The molecule has 0 saturated carbocycles. The lowest BCUT2D eigenvalue weighted by Crippen LogP contribution is -2.51. The normalized spacial score (nSPS) is 17.2. The molecule has 0 radical (unpaired) electrons. The van der Waals surface area contributed by atoms with E-state index in [0.717, 1.165) is 64.3 Å². The molecule has 7 rings (SSSR count). The van der Waals surface area contributed by atoms with Crippen LogP contribution in [0.3, 0.4) is 0 Å². The summed E-state index contributed by atoms with van der Waals surface area (Å²) >= 11 is 1.38. The molecular weight excluding hydrogens is 588 g/mol. The van der Waals surface area contributed by atoms with Crippen molar-refractivity contribution in [1.29, 1.82) is 0 Å². The molecule has 45 heavy (non-hydrogen) atoms. The number of hydrogen-bond acceptors (Lipinski definition) is 9. The van der Waals surface area contributed by atoms with Gasteiger partial charge in [0.15, 0.2) is 5.82 Å². The van der Waals surface area contributed by atoms with Crippen LogP contribution in [0.4, 0.5) is 5.69 Å². The first-order valence-corrected chi connectivity index (χ1v) is 15.9. The minimum absolute atomic E-state index is 0.0100. The number of phenols is 1. The second kappa shape index (κ2) is 12.3. The van der Waals surface area contributed by atoms with Gasteiger partial charge in [-0.1, -0.05) is 0 Å². The summed E-state index contributed by atoms with van der Waals surface area (Å²) in [5.41, 5.74) is 4.52. The van der Waals surface area contributed by atoms with Gasteiger partial charge in [-0.2, -0.15) is 5.10 Å². The number of aryl methyl sites for hydroxylation is 1. The Bertz CT molecular complexity index is 1830. The number of phenolic OH excluding ortho intramolecular Hbond substituents is 1. The van der Waals surface area contributed by atoms with E-state index in [2.05, 4.69) is 47.4 Å². The summed E-state index contributed by atoms with van der Waals surface area (Å²) in [6.45, 7) is 6.56. The number of likely N-dealkylation sites (tertiary alicyclic amines) is 1. The number of carbonyl (C=O) groups excluding carboxylic acids is 2. The van der Waals surface area contributed by atoms with Crippen LogP contribution in [-0.2, 0) is 4.79 Å². The molecule has 2 amide bonds. The highest BCUT2D eigenvalue weighted by atomic mass is 32.1. The van der Waals surface area contributed by atoms with Crippen molar-refractivity contribution < 1.29 is 14.7 Å². The van der Waals surface area contributed by atoms with Crippen molar-refractivity contribution in [3.05, 3.63) is 77.4 Å². The smallest absolute Gasteiger partial charge is 0.261 e. The number of fused-ring (bicyclic) bond motifs is 1. The van der Waals surface area contributed by atoms with Crippen LogP contribution in [0.1, 0.15) is 21.7 Å². The Balaban J connectivity index is 0.891. The van der Waals surface area contributed by atoms with Crippen LogP contribution in [0.5, 0.6) is 5.75 Å². The molecule has 2 aliphatic heterocycles. The topological polar surface area (TPSA) is 131 Å². The molecule has 3 N–H and O–H groups in total. The zero-order valence-corrected chi connectivity index (χ0v) is 25.8. The largest absolute Gasteiger partial charge is 0.508 e. The van der Waals surface area contributed by atoms with E-state index in [9.17, 15) is 14.7 Å². The number of rotatable bonds is 7. The van der Waals surface area contributed by atoms with Crippen LogP contribution in [0.2, 0.25) is 0 Å². The van der Waals surface area contributed by atoms with Gasteiger partial charge in [0.1, 0.15) is 16.3 Å². The van der Waals surface area contributed by atoms with Gasteiger partial charge in [0.25, 0.3) is 5.91 Å². The Kier molecular flexibility index (Phi) is 7.90. The lowest BCUT2D eigenvalue weighted by atomic mass is 10.1. The SMILES string of the molecule is Cc1cc(-c2n[nH]c3sc(C(=O)NC4CCN(CC(=O)N5CCN(c6ccc(-c7ncccn7)cc6)CC5)C4)cc23)ccc1O. The fraction of sp³-hybridized carbons (Fsp3) is 0.303. The zero-order chi connectivity index (χ0) is 30.9. The minimum atomic E-state index is -0.115. The number of aromatic hydroxyl groups is 1. The molecule has 5 aromatic rings. The number of carbonyl (C=O) groups is 2. The summed E-state index contributed by atoms with van der Waals surface area (Å²) in [4.78, 5) is 42.8. The number of amides is 2. The number of thiophene rings is 1. The molecule has 2 fully saturated rings. The van der Waals surface area contributed by atoms with Crippen LogP contribution in [0, 0.1) is 6.92 Å². The highest BCUT2D eigenvalue weighted by molar-refractivity contribution is 7.20. The summed E-state index contributed by atoms with van der Waals surface area (Å²) in [6, 6.07) is 17.3. The molecule has 0 spiro atoms. The monoisotopic (exact) mass is 622 g/mol. The average Bonchev–Trinajstić information content (AvgIpc) is 3.80. The fourth-order valence-electron chi connectivity index (χ4n) is 6.08. The number of benzene rings is 2. The van der Waals surface area contributed by atoms with Gasteiger partial charge in [0, 0.05) is 79.9 Å². The van der Waals surface area contributed by atoms with E-state index in [1.54, 1.807) is 24.5 Å². The molecule has 2 aromatic carbocycles. The van der Waals surface area contributed by atoms with Gasteiger partial charge in [0.05, 0.1) is 11.4 Å². The van der Waals surface area contributed by atoms with E-state index in [1.807, 2.05) is 42.2 Å². The molecule has 2 saturated heterocycles. The lowest BCUT2D eigenvalue weighted by molar-refractivity contribution is -0.132. The minimum Gasteiger partial charge on any atom is -0.508 e. The van der Waals surface area contributed by atoms with Gasteiger partial charge in [-0.25, -0.2) is 9.97 Å². The van der Waals surface area contributed by atoms with Gasteiger partial charge in [-0.15, -0.1) is 11.3 Å². The summed E-state index contributed by atoms with van der Waals surface area (Å²) in [6.07, 6.45) is 4.29. The molecule has 0 bridgehead atoms. The lowest BCUT2D eigenvalue weighted by Gasteiger charge is -2.36. The number of aromatic nitrogens is 4. The highest BCUT2D eigenvalue weighted by Crippen LogP contribution is 2.34. The molecule has 230 valence electrons. The van der Waals surface area contributed by atoms with Crippen LogP contribution in [0.25, 0.3) is 32.9 Å². The predicted molar refractivity (Wildman–Crippen MR) is 174 cm³/mol. The second-order valence-electron chi connectivity index (χ2n) is 11.6. The Labute approximate surface area is 264 Å². The van der Waals surface area contributed by atoms with E-state index < -0.39 is 0 Å². The summed E-state index contributed by atoms with van der Waals surface area (Å²) in [5, 5.41) is 21.4. The zero-order valence-electron chi connectivity index (χ0n) is 24.9. The standard InChI is InChI=1S/C33H34N8O3S/c1-21-17-23(5-8-27(21)42)30-26-18-28(45-33(26)38-37-30)32(44)36-24-9-12-39(19-24)20-29(43)41-15-13-40(14-16-41)25-6-3-22(4-7-25)31-34-10-2-11-35-31/h2-8,10-11,17-18,24,42H,9,12-16,19-20H2,1H3,(H,36,44)(H,37,38). The number of H-pyrrole nitrogens is 1. The van der Waals surface area contributed by atoms with Gasteiger partial charge in [-0.3, -0.25) is 19.6 Å². The molecular formula is C33H34N8O3S. The first-order chi connectivity index (χ1) is 21.9. The number of hydrogen-bond donors (Lipinski definition) is 3. The molecule has 2 aliphatic rings. The summed E-state index contributed by atoms with van der Waals surface area (Å²) in [7, 11) is 0. The van der Waals surface area contributed by atoms with Crippen LogP contribution in [0.15, 0.2) is 67.0 Å². The van der Waals surface area contributed by atoms with Crippen LogP contribution >= 0.6 is 11.3 Å². The van der Waals surface area contributed by atoms with Crippen molar-refractivity contribution in [2.24, 2.45) is 0 Å². The van der Waals surface area contributed by atoms with Crippen molar-refractivity contribution in [3.8, 4) is 28.4 Å². The number of aromatic amines is 1. The Hall–Kier alpha value is -4.81. The van der Waals surface area contributed by atoms with Gasteiger partial charge in [0.2, 0.25) is 5.91 Å². The Morgan fingerprint density at radius 2 is 1.76 bits per heavy atom. The Morgan fingerprint density at radius 1 is 1.00 bits per heavy atom. The maximum atomic E-state index is 13.2. The molecule has 11 nitrogen and oxygen atoms in total.